The minimum atomic E-state index is -0.709. The van der Waals surface area contributed by atoms with Crippen LogP contribution >= 0.6 is 11.6 Å². The van der Waals surface area contributed by atoms with Gasteiger partial charge in [0, 0.05) is 11.1 Å². The Morgan fingerprint density at radius 1 is 1.36 bits per heavy atom. The maximum atomic E-state index is 12.3. The minimum absolute atomic E-state index is 0.0371. The van der Waals surface area contributed by atoms with E-state index in [2.05, 4.69) is 0 Å². The van der Waals surface area contributed by atoms with Crippen molar-refractivity contribution >= 4 is 11.6 Å². The van der Waals surface area contributed by atoms with Crippen molar-refractivity contribution in [3.8, 4) is 11.8 Å². The molecule has 0 bridgehead atoms. The first-order valence-corrected chi connectivity index (χ1v) is 6.87. The summed E-state index contributed by atoms with van der Waals surface area (Å²) in [6, 6.07) is 10.5. The molecule has 2 N–H and O–H groups in total. The van der Waals surface area contributed by atoms with E-state index < -0.39 is 11.5 Å². The van der Waals surface area contributed by atoms with Crippen LogP contribution in [-0.4, -0.2) is 0 Å². The lowest BCUT2D eigenvalue weighted by Gasteiger charge is -2.25. The number of hydrogen-bond donors (Lipinski definition) is 1. The van der Waals surface area contributed by atoms with Crippen LogP contribution in [0.25, 0.3) is 0 Å². The Morgan fingerprint density at radius 2 is 2.09 bits per heavy atom. The molecular formula is C16H11ClN2O3. The summed E-state index contributed by atoms with van der Waals surface area (Å²) in [5.74, 6) is -0.0609. The normalized spacial score (nSPS) is 16.7. The van der Waals surface area contributed by atoms with Crippen molar-refractivity contribution in [2.45, 2.75) is 12.8 Å². The van der Waals surface area contributed by atoms with Crippen LogP contribution in [0.1, 0.15) is 22.8 Å². The van der Waals surface area contributed by atoms with Crippen LogP contribution in [0.5, 0.6) is 5.75 Å². The third-order valence-corrected chi connectivity index (χ3v) is 3.82. The van der Waals surface area contributed by atoms with Crippen LogP contribution in [0, 0.1) is 18.3 Å². The molecule has 5 nitrogen and oxygen atoms in total. The summed E-state index contributed by atoms with van der Waals surface area (Å²) in [5.41, 5.74) is 6.24. The van der Waals surface area contributed by atoms with Crippen LogP contribution in [-0.2, 0) is 0 Å². The monoisotopic (exact) mass is 314 g/mol. The second-order valence-electron chi connectivity index (χ2n) is 4.87. The number of halogens is 1. The topological polar surface area (TPSA) is 89.2 Å². The number of nitrogens with two attached hydrogens (primary N) is 1. The molecule has 2 aromatic rings. The average Bonchev–Trinajstić information content (AvgIpc) is 2.46. The second-order valence-corrected chi connectivity index (χ2v) is 5.28. The average molecular weight is 315 g/mol. The molecule has 1 aromatic heterocycles. The number of ether oxygens (including phenoxy) is 1. The molecule has 3 rings (SSSR count). The van der Waals surface area contributed by atoms with Crippen molar-refractivity contribution in [2.75, 3.05) is 0 Å². The maximum absolute atomic E-state index is 12.3. The summed E-state index contributed by atoms with van der Waals surface area (Å²) in [7, 11) is 0. The first-order chi connectivity index (χ1) is 10.5. The molecule has 2 heterocycles. The lowest BCUT2D eigenvalue weighted by molar-refractivity contribution is 0.371. The first-order valence-electron chi connectivity index (χ1n) is 6.49. The molecule has 6 heteroatoms. The molecule has 0 amide bonds. The fourth-order valence-corrected chi connectivity index (χ4v) is 2.78. The molecule has 0 saturated heterocycles. The van der Waals surface area contributed by atoms with E-state index in [0.29, 0.717) is 16.3 Å². The lowest BCUT2D eigenvalue weighted by Crippen LogP contribution is -2.26. The Hall–Kier alpha value is -2.71. The van der Waals surface area contributed by atoms with Crippen molar-refractivity contribution in [1.29, 1.82) is 5.26 Å². The zero-order valence-electron chi connectivity index (χ0n) is 11.6. The van der Waals surface area contributed by atoms with Crippen molar-refractivity contribution < 1.29 is 9.15 Å². The van der Waals surface area contributed by atoms with Crippen LogP contribution in [0.15, 0.2) is 51.0 Å². The smallest absolute Gasteiger partial charge is 0.343 e. The molecule has 0 fully saturated rings. The molecule has 1 aliphatic rings. The van der Waals surface area contributed by atoms with Gasteiger partial charge in [0.1, 0.15) is 23.2 Å². The number of fused-ring (bicyclic) bond motifs is 1. The third kappa shape index (κ3) is 2.14. The van der Waals surface area contributed by atoms with Gasteiger partial charge >= 0.3 is 5.63 Å². The number of hydrogen-bond acceptors (Lipinski definition) is 5. The van der Waals surface area contributed by atoms with Crippen LogP contribution in [0.3, 0.4) is 0 Å². The molecule has 0 spiro atoms. The Balaban J connectivity index is 2.35. The van der Waals surface area contributed by atoms with Crippen LogP contribution in [0.4, 0.5) is 0 Å². The summed E-state index contributed by atoms with van der Waals surface area (Å²) in [5, 5.41) is 9.84. The highest BCUT2D eigenvalue weighted by Gasteiger charge is 2.35. The number of aryl methyl sites for hydroxylation is 1. The molecule has 1 aliphatic heterocycles. The van der Waals surface area contributed by atoms with Gasteiger partial charge in [-0.2, -0.15) is 5.26 Å². The SMILES string of the molecule is Cc1cc2c(c(=O)o1)[C@H](c1ccccc1Cl)C(C#N)=C(N)O2. The van der Waals surface area contributed by atoms with Gasteiger partial charge in [-0.15, -0.1) is 0 Å². The molecule has 0 aliphatic carbocycles. The van der Waals surface area contributed by atoms with E-state index in [1.807, 2.05) is 6.07 Å². The van der Waals surface area contributed by atoms with Gasteiger partial charge in [-0.05, 0) is 18.6 Å². The maximum Gasteiger partial charge on any atom is 0.343 e. The van der Waals surface area contributed by atoms with Gasteiger partial charge < -0.3 is 14.9 Å². The Kier molecular flexibility index (Phi) is 3.39. The highest BCUT2D eigenvalue weighted by atomic mass is 35.5. The third-order valence-electron chi connectivity index (χ3n) is 3.47. The predicted octanol–water partition coefficient (Wildman–Crippen LogP) is 2.82. The van der Waals surface area contributed by atoms with E-state index in [0.717, 1.165) is 0 Å². The minimum Gasteiger partial charge on any atom is -0.440 e. The van der Waals surface area contributed by atoms with Crippen LogP contribution in [0.2, 0.25) is 5.02 Å². The van der Waals surface area contributed by atoms with E-state index in [4.69, 9.17) is 26.5 Å². The summed E-state index contributed by atoms with van der Waals surface area (Å²) < 4.78 is 10.6. The Morgan fingerprint density at radius 3 is 2.77 bits per heavy atom. The first kappa shape index (κ1) is 14.2. The van der Waals surface area contributed by atoms with Gasteiger partial charge in [0.15, 0.2) is 0 Å². The second kappa shape index (κ2) is 5.24. The zero-order chi connectivity index (χ0) is 15.9. The number of rotatable bonds is 1. The molecule has 0 saturated carbocycles. The Labute approximate surface area is 131 Å². The zero-order valence-corrected chi connectivity index (χ0v) is 12.3. The quantitative estimate of drug-likeness (QED) is 0.874. The fraction of sp³-hybridized carbons (Fsp3) is 0.125. The Bertz CT molecular complexity index is 893. The van der Waals surface area contributed by atoms with Gasteiger partial charge in [-0.3, -0.25) is 0 Å². The van der Waals surface area contributed by atoms with Gasteiger partial charge in [0.2, 0.25) is 5.88 Å². The van der Waals surface area contributed by atoms with Crippen molar-refractivity contribution in [2.24, 2.45) is 5.73 Å². The van der Waals surface area contributed by atoms with Crippen molar-refractivity contribution in [1.82, 2.24) is 0 Å². The van der Waals surface area contributed by atoms with Gasteiger partial charge in [-0.25, -0.2) is 4.79 Å². The van der Waals surface area contributed by atoms with Crippen molar-refractivity contribution in [3.63, 3.8) is 0 Å². The molecule has 0 unspecified atom stereocenters. The van der Waals surface area contributed by atoms with Gasteiger partial charge in [0.05, 0.1) is 11.5 Å². The standard InChI is InChI=1S/C16H11ClN2O3/c1-8-6-12-14(16(20)21-8)13(10(7-18)15(19)22-12)9-4-2-3-5-11(9)17/h2-6,13H,19H2,1H3/t13-/m1/s1. The number of nitrogens with zero attached hydrogens (tertiary/aromatic N) is 1. The number of allylic oxidation sites excluding steroid dienone is 1. The van der Waals surface area contributed by atoms with E-state index in [1.165, 1.54) is 0 Å². The van der Waals surface area contributed by atoms with Gasteiger partial charge in [-0.1, -0.05) is 29.8 Å². The van der Waals surface area contributed by atoms with Crippen molar-refractivity contribution in [3.05, 3.63) is 74.1 Å². The molecule has 1 atom stereocenters. The number of benzene rings is 1. The summed E-state index contributed by atoms with van der Waals surface area (Å²) >= 11 is 6.23. The summed E-state index contributed by atoms with van der Waals surface area (Å²) in [4.78, 5) is 12.3. The highest BCUT2D eigenvalue weighted by molar-refractivity contribution is 6.31. The molecule has 0 radical (unpaired) electrons. The van der Waals surface area contributed by atoms with E-state index >= 15 is 0 Å². The van der Waals surface area contributed by atoms with E-state index in [-0.39, 0.29) is 22.8 Å². The van der Waals surface area contributed by atoms with E-state index in [9.17, 15) is 10.1 Å². The van der Waals surface area contributed by atoms with Crippen LogP contribution < -0.4 is 16.1 Å². The highest BCUT2D eigenvalue weighted by Crippen LogP contribution is 2.42. The summed E-state index contributed by atoms with van der Waals surface area (Å²) in [6.07, 6.45) is 0. The van der Waals surface area contributed by atoms with Gasteiger partial charge in [0.25, 0.3) is 0 Å². The molecule has 1 aromatic carbocycles. The molecular weight excluding hydrogens is 304 g/mol. The lowest BCUT2D eigenvalue weighted by atomic mass is 9.84. The largest absolute Gasteiger partial charge is 0.440 e. The fourth-order valence-electron chi connectivity index (χ4n) is 2.54. The molecule has 22 heavy (non-hydrogen) atoms. The number of nitriles is 1. The summed E-state index contributed by atoms with van der Waals surface area (Å²) in [6.45, 7) is 1.63. The predicted molar refractivity (Wildman–Crippen MR) is 80.5 cm³/mol. The molecule has 110 valence electrons. The van der Waals surface area contributed by atoms with E-state index in [1.54, 1.807) is 37.3 Å².